The number of rotatable bonds is 7. The second-order valence-corrected chi connectivity index (χ2v) is 4.67. The van der Waals surface area contributed by atoms with Gasteiger partial charge in [0, 0.05) is 27.9 Å². The molecule has 0 aromatic heterocycles. The second-order valence-electron chi connectivity index (χ2n) is 3.26. The minimum Gasteiger partial charge on any atom is -0.363 e. The Labute approximate surface area is 89.0 Å². The number of nitrogens with one attached hydrogen (secondary N) is 1. The lowest BCUT2D eigenvalue weighted by Gasteiger charge is -2.43. The lowest BCUT2D eigenvalue weighted by Crippen LogP contribution is -2.65. The maximum Gasteiger partial charge on any atom is 0.203 e. The first-order chi connectivity index (χ1) is 6.49. The van der Waals surface area contributed by atoms with Crippen molar-refractivity contribution in [2.45, 2.75) is 18.1 Å². The van der Waals surface area contributed by atoms with Crippen molar-refractivity contribution in [3.63, 3.8) is 0 Å². The lowest BCUT2D eigenvalue weighted by molar-refractivity contribution is -0.277. The minimum absolute atomic E-state index is 0.579. The zero-order valence-corrected chi connectivity index (χ0v) is 11.7. The molecule has 0 fully saturated rings. The SMILES string of the molecule is C=CCNC([SiH3])(OC)C(C)(OC)OC. The van der Waals surface area contributed by atoms with Gasteiger partial charge in [0.15, 0.2) is 0 Å². The van der Waals surface area contributed by atoms with Crippen LogP contribution >= 0.6 is 0 Å². The Morgan fingerprint density at radius 3 is 2.07 bits per heavy atom. The van der Waals surface area contributed by atoms with Crippen molar-refractivity contribution in [1.82, 2.24) is 5.32 Å². The van der Waals surface area contributed by atoms with Gasteiger partial charge in [-0.2, -0.15) is 0 Å². The second kappa shape index (κ2) is 5.62. The standard InChI is InChI=1S/C9H21NO3Si/c1-6-7-10-9(14,13-5)8(2,11-3)12-4/h6,10H,1,7H2,2-5,14H3. The highest BCUT2D eigenvalue weighted by Gasteiger charge is 2.45. The van der Waals surface area contributed by atoms with Gasteiger partial charge in [0.05, 0.1) is 10.2 Å². The fraction of sp³-hybridized carbons (Fsp3) is 0.778. The summed E-state index contributed by atoms with van der Waals surface area (Å²) in [5.41, 5.74) is 0. The Bertz CT molecular complexity index is 185. The fourth-order valence-electron chi connectivity index (χ4n) is 1.16. The van der Waals surface area contributed by atoms with Crippen molar-refractivity contribution in [2.75, 3.05) is 27.9 Å². The molecule has 0 radical (unpaired) electrons. The third-order valence-corrected chi connectivity index (χ3v) is 4.31. The molecule has 0 heterocycles. The predicted octanol–water partition coefficient (Wildman–Crippen LogP) is -0.563. The van der Waals surface area contributed by atoms with Crippen LogP contribution in [0, 0.1) is 0 Å². The van der Waals surface area contributed by atoms with Crippen LogP contribution in [0.4, 0.5) is 0 Å². The summed E-state index contributed by atoms with van der Waals surface area (Å²) in [4.78, 5) is 0. The molecule has 1 atom stereocenters. The van der Waals surface area contributed by atoms with Crippen molar-refractivity contribution in [3.8, 4) is 0 Å². The quantitative estimate of drug-likeness (QED) is 0.354. The van der Waals surface area contributed by atoms with E-state index in [1.807, 2.05) is 6.92 Å². The summed E-state index contributed by atoms with van der Waals surface area (Å²) in [5, 5.41) is 2.63. The van der Waals surface area contributed by atoms with E-state index in [0.717, 1.165) is 10.2 Å². The first kappa shape index (κ1) is 13.8. The molecule has 0 rings (SSSR count). The maximum absolute atomic E-state index is 5.44. The Kier molecular flexibility index (Phi) is 5.54. The van der Waals surface area contributed by atoms with Crippen LogP contribution in [0.3, 0.4) is 0 Å². The van der Waals surface area contributed by atoms with Crippen LogP contribution in [0.5, 0.6) is 0 Å². The molecule has 0 spiro atoms. The lowest BCUT2D eigenvalue weighted by atomic mass is 10.2. The summed E-state index contributed by atoms with van der Waals surface area (Å²) in [6.07, 6.45) is 1.78. The first-order valence-electron chi connectivity index (χ1n) is 4.51. The van der Waals surface area contributed by atoms with Crippen LogP contribution in [0.1, 0.15) is 6.92 Å². The molecule has 84 valence electrons. The summed E-state index contributed by atoms with van der Waals surface area (Å²) < 4.78 is 16.1. The van der Waals surface area contributed by atoms with Gasteiger partial charge in [-0.1, -0.05) is 6.08 Å². The molecule has 0 saturated carbocycles. The highest BCUT2D eigenvalue weighted by Crippen LogP contribution is 2.24. The van der Waals surface area contributed by atoms with E-state index in [9.17, 15) is 0 Å². The van der Waals surface area contributed by atoms with Crippen molar-refractivity contribution in [1.29, 1.82) is 0 Å². The fourth-order valence-corrected chi connectivity index (χ4v) is 1.77. The van der Waals surface area contributed by atoms with Crippen LogP contribution < -0.4 is 5.32 Å². The van der Waals surface area contributed by atoms with Crippen molar-refractivity contribution in [2.24, 2.45) is 0 Å². The molecule has 0 saturated heterocycles. The van der Waals surface area contributed by atoms with Crippen LogP contribution in [-0.4, -0.2) is 49.3 Å². The van der Waals surface area contributed by atoms with Gasteiger partial charge in [0.25, 0.3) is 0 Å². The van der Waals surface area contributed by atoms with Crippen molar-refractivity contribution < 1.29 is 14.2 Å². The number of methoxy groups -OCH3 is 3. The van der Waals surface area contributed by atoms with Gasteiger partial charge in [-0.3, -0.25) is 5.32 Å². The molecular formula is C9H21NO3Si. The van der Waals surface area contributed by atoms with Gasteiger partial charge in [-0.25, -0.2) is 0 Å². The maximum atomic E-state index is 5.44. The van der Waals surface area contributed by atoms with Crippen molar-refractivity contribution >= 4 is 10.2 Å². The molecule has 0 aromatic rings. The largest absolute Gasteiger partial charge is 0.363 e. The van der Waals surface area contributed by atoms with E-state index in [2.05, 4.69) is 11.9 Å². The number of ether oxygens (including phenoxy) is 3. The molecule has 0 amide bonds. The topological polar surface area (TPSA) is 39.7 Å². The van der Waals surface area contributed by atoms with E-state index in [1.54, 1.807) is 27.4 Å². The first-order valence-corrected chi connectivity index (χ1v) is 5.51. The van der Waals surface area contributed by atoms with E-state index >= 15 is 0 Å². The Morgan fingerprint density at radius 2 is 1.79 bits per heavy atom. The highest BCUT2D eigenvalue weighted by molar-refractivity contribution is 6.15. The molecule has 14 heavy (non-hydrogen) atoms. The van der Waals surface area contributed by atoms with Crippen LogP contribution in [-0.2, 0) is 14.2 Å². The summed E-state index contributed by atoms with van der Waals surface area (Å²) in [7, 11) is 5.57. The predicted molar refractivity (Wildman–Crippen MR) is 60.3 cm³/mol. The molecule has 1 N–H and O–H groups in total. The van der Waals surface area contributed by atoms with Crippen LogP contribution in [0.2, 0.25) is 0 Å². The van der Waals surface area contributed by atoms with Crippen molar-refractivity contribution in [3.05, 3.63) is 12.7 Å². The molecule has 5 heteroatoms. The van der Waals surface area contributed by atoms with Gasteiger partial charge in [-0.15, -0.1) is 6.58 Å². The third-order valence-electron chi connectivity index (χ3n) is 2.64. The average molecular weight is 219 g/mol. The molecule has 4 nitrogen and oxygen atoms in total. The van der Waals surface area contributed by atoms with Gasteiger partial charge in [0.1, 0.15) is 5.35 Å². The summed E-state index contributed by atoms with van der Waals surface area (Å²) >= 11 is 0. The van der Waals surface area contributed by atoms with Crippen LogP contribution in [0.15, 0.2) is 12.7 Å². The zero-order chi connectivity index (χ0) is 11.2. The molecule has 0 aliphatic heterocycles. The molecule has 0 bridgehead atoms. The summed E-state index contributed by atoms with van der Waals surface area (Å²) in [5.74, 6) is -0.781. The van der Waals surface area contributed by atoms with E-state index in [1.165, 1.54) is 0 Å². The Hall–Kier alpha value is -0.203. The highest BCUT2D eigenvalue weighted by atomic mass is 28.1. The minimum atomic E-state index is -0.781. The Balaban J connectivity index is 4.70. The van der Waals surface area contributed by atoms with E-state index in [-0.39, 0.29) is 0 Å². The number of hydrogen-bond donors (Lipinski definition) is 1. The molecule has 0 aromatic carbocycles. The smallest absolute Gasteiger partial charge is 0.203 e. The summed E-state index contributed by atoms with van der Waals surface area (Å²) in [6.45, 7) is 6.15. The third kappa shape index (κ3) is 2.65. The Morgan fingerprint density at radius 1 is 1.29 bits per heavy atom. The summed E-state index contributed by atoms with van der Waals surface area (Å²) in [6, 6.07) is 0. The normalized spacial score (nSPS) is 16.6. The molecule has 1 unspecified atom stereocenters. The molecule has 0 aliphatic carbocycles. The van der Waals surface area contributed by atoms with E-state index < -0.39 is 11.1 Å². The van der Waals surface area contributed by atoms with Gasteiger partial charge >= 0.3 is 0 Å². The average Bonchev–Trinajstić information content (AvgIpc) is 2.24. The number of hydrogen-bond acceptors (Lipinski definition) is 4. The van der Waals surface area contributed by atoms with Gasteiger partial charge < -0.3 is 14.2 Å². The van der Waals surface area contributed by atoms with E-state index in [0.29, 0.717) is 6.54 Å². The molecule has 0 aliphatic rings. The monoisotopic (exact) mass is 219 g/mol. The van der Waals surface area contributed by atoms with Crippen LogP contribution in [0.25, 0.3) is 0 Å². The zero-order valence-electron chi connectivity index (χ0n) is 9.72. The van der Waals surface area contributed by atoms with Gasteiger partial charge in [-0.05, 0) is 6.92 Å². The van der Waals surface area contributed by atoms with Gasteiger partial charge in [0.2, 0.25) is 5.79 Å². The molecular weight excluding hydrogens is 198 g/mol. The van der Waals surface area contributed by atoms with E-state index in [4.69, 9.17) is 14.2 Å².